The molecule has 0 saturated heterocycles. The van der Waals surface area contributed by atoms with Gasteiger partial charge in [-0.25, -0.2) is 4.85 Å². The molecule has 0 radical (unpaired) electrons. The maximum absolute atomic E-state index is 10.8. The molecule has 28 heavy (non-hydrogen) atoms. The van der Waals surface area contributed by atoms with Crippen LogP contribution in [0.3, 0.4) is 0 Å². The second-order valence-corrected chi connectivity index (χ2v) is 7.15. The standard InChI is InChI=1S/C22H19N3O3/c1-22(2)21(26)20(16-13-15(23-3)9-11-18(16)28-22)27-19-12-10-17(24-25-19)14-7-5-4-6-8-14/h4-13,20-21,26H,1-2H3/t20-,21+/m1/s1. The summed E-state index contributed by atoms with van der Waals surface area (Å²) in [5.41, 5.74) is 1.91. The molecule has 0 spiro atoms. The average Bonchev–Trinajstić information content (AvgIpc) is 2.72. The van der Waals surface area contributed by atoms with Crippen molar-refractivity contribution < 1.29 is 14.6 Å². The minimum absolute atomic E-state index is 0.292. The molecule has 4 rings (SSSR count). The minimum atomic E-state index is -0.948. The highest BCUT2D eigenvalue weighted by Gasteiger charge is 2.44. The molecule has 6 nitrogen and oxygen atoms in total. The number of aliphatic hydroxyl groups excluding tert-OH is 1. The number of aliphatic hydroxyl groups is 1. The number of nitrogens with zero attached hydrogens (tertiary/aromatic N) is 3. The first kappa shape index (κ1) is 18.0. The summed E-state index contributed by atoms with van der Waals surface area (Å²) in [6, 6.07) is 18.4. The molecular formula is C22H19N3O3. The fourth-order valence-electron chi connectivity index (χ4n) is 3.20. The van der Waals surface area contributed by atoms with Crippen LogP contribution >= 0.6 is 0 Å². The topological polar surface area (TPSA) is 68.8 Å². The van der Waals surface area contributed by atoms with Gasteiger partial charge in [0, 0.05) is 17.2 Å². The Balaban J connectivity index is 1.66. The summed E-state index contributed by atoms with van der Waals surface area (Å²) < 4.78 is 11.9. The van der Waals surface area contributed by atoms with E-state index < -0.39 is 17.8 Å². The zero-order chi connectivity index (χ0) is 19.7. The van der Waals surface area contributed by atoms with Gasteiger partial charge in [-0.3, -0.25) is 0 Å². The van der Waals surface area contributed by atoms with Crippen molar-refractivity contribution >= 4 is 5.69 Å². The number of ether oxygens (including phenoxy) is 2. The van der Waals surface area contributed by atoms with Crippen LogP contribution in [0.5, 0.6) is 11.6 Å². The molecule has 2 heterocycles. The SMILES string of the molecule is [C-]#[N+]c1ccc2c(c1)[C@@H](Oc1ccc(-c3ccccc3)nn1)[C@H](O)C(C)(C)O2. The quantitative estimate of drug-likeness (QED) is 0.692. The highest BCUT2D eigenvalue weighted by molar-refractivity contribution is 5.58. The van der Waals surface area contributed by atoms with Gasteiger partial charge in [-0.2, -0.15) is 0 Å². The Kier molecular flexibility index (Phi) is 4.46. The number of hydrogen-bond acceptors (Lipinski definition) is 5. The molecule has 0 aliphatic carbocycles. The first-order valence-corrected chi connectivity index (χ1v) is 8.92. The molecule has 6 heteroatoms. The first-order chi connectivity index (χ1) is 13.5. The molecule has 0 unspecified atom stereocenters. The van der Waals surface area contributed by atoms with Crippen LogP contribution < -0.4 is 9.47 Å². The van der Waals surface area contributed by atoms with Crippen molar-refractivity contribution in [3.63, 3.8) is 0 Å². The third kappa shape index (κ3) is 3.28. The third-order valence-electron chi connectivity index (χ3n) is 4.76. The van der Waals surface area contributed by atoms with Crippen molar-refractivity contribution in [2.45, 2.75) is 31.7 Å². The number of aromatic nitrogens is 2. The molecule has 140 valence electrons. The van der Waals surface area contributed by atoms with Crippen molar-refractivity contribution in [2.24, 2.45) is 0 Å². The molecule has 3 aromatic rings. The van der Waals surface area contributed by atoms with E-state index in [0.29, 0.717) is 22.9 Å². The van der Waals surface area contributed by atoms with Gasteiger partial charge in [-0.1, -0.05) is 36.4 Å². The lowest BCUT2D eigenvalue weighted by molar-refractivity contribution is -0.104. The first-order valence-electron chi connectivity index (χ1n) is 8.92. The number of fused-ring (bicyclic) bond motifs is 1. The number of hydrogen-bond donors (Lipinski definition) is 1. The van der Waals surface area contributed by atoms with Gasteiger partial charge in [0.2, 0.25) is 5.88 Å². The van der Waals surface area contributed by atoms with E-state index in [2.05, 4.69) is 15.0 Å². The maximum Gasteiger partial charge on any atom is 0.234 e. The van der Waals surface area contributed by atoms with Gasteiger partial charge in [0.15, 0.2) is 11.8 Å². The molecule has 1 aliphatic heterocycles. The normalized spacial score (nSPS) is 19.8. The average molecular weight is 373 g/mol. The predicted octanol–water partition coefficient (Wildman–Crippen LogP) is 4.35. The maximum atomic E-state index is 10.8. The van der Waals surface area contributed by atoms with Crippen molar-refractivity contribution in [3.8, 4) is 22.9 Å². The van der Waals surface area contributed by atoms with E-state index in [4.69, 9.17) is 16.0 Å². The lowest BCUT2D eigenvalue weighted by Crippen LogP contribution is -2.50. The highest BCUT2D eigenvalue weighted by Crippen LogP contribution is 2.43. The largest absolute Gasteiger partial charge is 0.485 e. The van der Waals surface area contributed by atoms with E-state index in [0.717, 1.165) is 11.3 Å². The fraction of sp³-hybridized carbons (Fsp3) is 0.227. The van der Waals surface area contributed by atoms with E-state index in [1.54, 1.807) is 38.1 Å². The summed E-state index contributed by atoms with van der Waals surface area (Å²) in [5, 5.41) is 19.2. The van der Waals surface area contributed by atoms with Crippen molar-refractivity contribution in [1.29, 1.82) is 0 Å². The molecule has 2 atom stereocenters. The molecule has 0 fully saturated rings. The Morgan fingerprint density at radius 3 is 2.54 bits per heavy atom. The Bertz CT molecular complexity index is 1030. The minimum Gasteiger partial charge on any atom is -0.485 e. The van der Waals surface area contributed by atoms with Gasteiger partial charge >= 0.3 is 0 Å². The lowest BCUT2D eigenvalue weighted by Gasteiger charge is -2.41. The van der Waals surface area contributed by atoms with Gasteiger partial charge in [-0.15, -0.1) is 10.2 Å². The Labute approximate surface area is 163 Å². The van der Waals surface area contributed by atoms with E-state index in [-0.39, 0.29) is 0 Å². The van der Waals surface area contributed by atoms with Gasteiger partial charge in [0.1, 0.15) is 17.5 Å². The molecule has 2 aromatic carbocycles. The van der Waals surface area contributed by atoms with Gasteiger partial charge < -0.3 is 14.6 Å². The molecule has 0 amide bonds. The third-order valence-corrected chi connectivity index (χ3v) is 4.76. The molecule has 1 aromatic heterocycles. The van der Waals surface area contributed by atoms with Crippen LogP contribution in [0.4, 0.5) is 5.69 Å². The van der Waals surface area contributed by atoms with Gasteiger partial charge in [0.05, 0.1) is 12.3 Å². The fourth-order valence-corrected chi connectivity index (χ4v) is 3.20. The molecular weight excluding hydrogens is 354 g/mol. The Morgan fingerprint density at radius 2 is 1.86 bits per heavy atom. The van der Waals surface area contributed by atoms with Crippen LogP contribution in [0.15, 0.2) is 60.7 Å². The molecule has 0 bridgehead atoms. The second-order valence-electron chi connectivity index (χ2n) is 7.15. The summed E-state index contributed by atoms with van der Waals surface area (Å²) in [4.78, 5) is 3.46. The van der Waals surface area contributed by atoms with Gasteiger partial charge in [-0.05, 0) is 32.0 Å². The van der Waals surface area contributed by atoms with Crippen molar-refractivity contribution in [2.75, 3.05) is 0 Å². The van der Waals surface area contributed by atoms with Crippen LogP contribution in [-0.2, 0) is 0 Å². The molecule has 1 N–H and O–H groups in total. The summed E-state index contributed by atoms with van der Waals surface area (Å²) in [6.07, 6.45) is -1.67. The smallest absolute Gasteiger partial charge is 0.234 e. The second kappa shape index (κ2) is 6.95. The number of rotatable bonds is 3. The summed E-state index contributed by atoms with van der Waals surface area (Å²) >= 11 is 0. The van der Waals surface area contributed by atoms with E-state index >= 15 is 0 Å². The van der Waals surface area contributed by atoms with Crippen LogP contribution in [0.25, 0.3) is 16.1 Å². The predicted molar refractivity (Wildman–Crippen MR) is 104 cm³/mol. The molecule has 1 aliphatic rings. The summed E-state index contributed by atoms with van der Waals surface area (Å²) in [6.45, 7) is 10.8. The zero-order valence-corrected chi connectivity index (χ0v) is 15.5. The Hall–Kier alpha value is -3.43. The van der Waals surface area contributed by atoms with Crippen molar-refractivity contribution in [1.82, 2.24) is 10.2 Å². The van der Waals surface area contributed by atoms with E-state index in [1.165, 1.54) is 0 Å². The molecule has 0 saturated carbocycles. The van der Waals surface area contributed by atoms with E-state index in [9.17, 15) is 5.11 Å². The van der Waals surface area contributed by atoms with Gasteiger partial charge in [0.25, 0.3) is 0 Å². The summed E-state index contributed by atoms with van der Waals surface area (Å²) in [7, 11) is 0. The zero-order valence-electron chi connectivity index (χ0n) is 15.5. The number of benzene rings is 2. The monoisotopic (exact) mass is 373 g/mol. The highest BCUT2D eigenvalue weighted by atomic mass is 16.5. The van der Waals surface area contributed by atoms with Crippen LogP contribution in [0, 0.1) is 6.57 Å². The van der Waals surface area contributed by atoms with Crippen molar-refractivity contribution in [3.05, 3.63) is 77.6 Å². The van der Waals surface area contributed by atoms with Crippen LogP contribution in [-0.4, -0.2) is 27.0 Å². The van der Waals surface area contributed by atoms with Crippen LogP contribution in [0.1, 0.15) is 25.5 Å². The summed E-state index contributed by atoms with van der Waals surface area (Å²) in [5.74, 6) is 0.877. The van der Waals surface area contributed by atoms with E-state index in [1.807, 2.05) is 36.4 Å². The Morgan fingerprint density at radius 1 is 1.07 bits per heavy atom. The van der Waals surface area contributed by atoms with Crippen LogP contribution in [0.2, 0.25) is 0 Å². The lowest BCUT2D eigenvalue weighted by atomic mass is 9.88.